The lowest BCUT2D eigenvalue weighted by molar-refractivity contribution is 0.839. The van der Waals surface area contributed by atoms with E-state index in [1.165, 1.54) is 5.56 Å². The van der Waals surface area contributed by atoms with Crippen molar-refractivity contribution in [2.45, 2.75) is 19.8 Å². The second-order valence-electron chi connectivity index (χ2n) is 3.43. The second-order valence-corrected chi connectivity index (χ2v) is 3.43. The lowest BCUT2D eigenvalue weighted by atomic mass is 10.1. The van der Waals surface area contributed by atoms with Crippen molar-refractivity contribution in [3.8, 4) is 0 Å². The molecule has 1 aromatic carbocycles. The first kappa shape index (κ1) is 15.2. The maximum absolute atomic E-state index is 5.66. The van der Waals surface area contributed by atoms with Gasteiger partial charge in [-0.1, -0.05) is 37.3 Å². The molecule has 0 aliphatic rings. The first-order chi connectivity index (χ1) is 7.33. The molecule has 0 bridgehead atoms. The SMILES string of the molecule is CCCN=C(N)NCCc1ccccc1.I. The maximum atomic E-state index is 5.66. The van der Waals surface area contributed by atoms with Gasteiger partial charge >= 0.3 is 0 Å². The van der Waals surface area contributed by atoms with E-state index in [2.05, 4.69) is 29.4 Å². The lowest BCUT2D eigenvalue weighted by Crippen LogP contribution is -2.33. The quantitative estimate of drug-likeness (QED) is 0.493. The van der Waals surface area contributed by atoms with Crippen molar-refractivity contribution in [2.24, 2.45) is 10.7 Å². The lowest BCUT2D eigenvalue weighted by Gasteiger charge is -2.05. The predicted octanol–water partition coefficient (Wildman–Crippen LogP) is 2.16. The molecule has 16 heavy (non-hydrogen) atoms. The Morgan fingerprint density at radius 3 is 2.62 bits per heavy atom. The number of hydrogen-bond donors (Lipinski definition) is 2. The number of aliphatic imine (C=N–C) groups is 1. The highest BCUT2D eigenvalue weighted by Gasteiger charge is 1.92. The highest BCUT2D eigenvalue weighted by Crippen LogP contribution is 1.97. The molecule has 0 heterocycles. The van der Waals surface area contributed by atoms with Crippen LogP contribution >= 0.6 is 24.0 Å². The first-order valence-corrected chi connectivity index (χ1v) is 5.40. The molecular weight excluding hydrogens is 313 g/mol. The molecule has 1 aromatic rings. The zero-order valence-electron chi connectivity index (χ0n) is 9.65. The fraction of sp³-hybridized carbons (Fsp3) is 0.417. The Labute approximate surface area is 115 Å². The summed E-state index contributed by atoms with van der Waals surface area (Å²) >= 11 is 0. The molecule has 0 saturated heterocycles. The number of hydrogen-bond acceptors (Lipinski definition) is 1. The topological polar surface area (TPSA) is 50.4 Å². The van der Waals surface area contributed by atoms with Crippen molar-refractivity contribution in [1.82, 2.24) is 5.32 Å². The van der Waals surface area contributed by atoms with Crippen molar-refractivity contribution in [1.29, 1.82) is 0 Å². The Hall–Kier alpha value is -0.780. The molecule has 0 radical (unpaired) electrons. The number of benzene rings is 1. The Bertz CT molecular complexity index is 298. The fourth-order valence-electron chi connectivity index (χ4n) is 1.27. The summed E-state index contributed by atoms with van der Waals surface area (Å²) in [5, 5.41) is 3.09. The van der Waals surface area contributed by atoms with Crippen LogP contribution in [0.3, 0.4) is 0 Å². The van der Waals surface area contributed by atoms with Crippen LogP contribution in [0.2, 0.25) is 0 Å². The molecular formula is C12H20IN3. The van der Waals surface area contributed by atoms with E-state index < -0.39 is 0 Å². The number of nitrogens with zero attached hydrogens (tertiary/aromatic N) is 1. The zero-order valence-corrected chi connectivity index (χ0v) is 12.0. The van der Waals surface area contributed by atoms with E-state index in [4.69, 9.17) is 5.73 Å². The molecule has 0 aromatic heterocycles. The van der Waals surface area contributed by atoms with E-state index >= 15 is 0 Å². The largest absolute Gasteiger partial charge is 0.370 e. The van der Waals surface area contributed by atoms with E-state index in [1.807, 2.05) is 18.2 Å². The summed E-state index contributed by atoms with van der Waals surface area (Å²) < 4.78 is 0. The number of nitrogens with one attached hydrogen (secondary N) is 1. The van der Waals surface area contributed by atoms with E-state index in [-0.39, 0.29) is 24.0 Å². The second kappa shape index (κ2) is 9.45. The molecule has 0 aliphatic heterocycles. The van der Waals surface area contributed by atoms with E-state index in [9.17, 15) is 0 Å². The van der Waals surface area contributed by atoms with Crippen LogP contribution in [0.1, 0.15) is 18.9 Å². The van der Waals surface area contributed by atoms with E-state index in [1.54, 1.807) is 0 Å². The van der Waals surface area contributed by atoms with Crippen LogP contribution in [0.15, 0.2) is 35.3 Å². The normalized spacial score (nSPS) is 10.7. The van der Waals surface area contributed by atoms with Crippen LogP contribution in [0.5, 0.6) is 0 Å². The van der Waals surface area contributed by atoms with Gasteiger partial charge in [0, 0.05) is 13.1 Å². The molecule has 90 valence electrons. The van der Waals surface area contributed by atoms with E-state index in [0.29, 0.717) is 5.96 Å². The van der Waals surface area contributed by atoms with Crippen molar-refractivity contribution < 1.29 is 0 Å². The fourth-order valence-corrected chi connectivity index (χ4v) is 1.27. The van der Waals surface area contributed by atoms with Crippen LogP contribution in [0.25, 0.3) is 0 Å². The third-order valence-electron chi connectivity index (χ3n) is 2.07. The van der Waals surface area contributed by atoms with Gasteiger partial charge < -0.3 is 11.1 Å². The van der Waals surface area contributed by atoms with Gasteiger partial charge in [0.2, 0.25) is 0 Å². The van der Waals surface area contributed by atoms with Crippen molar-refractivity contribution in [2.75, 3.05) is 13.1 Å². The van der Waals surface area contributed by atoms with Gasteiger partial charge in [-0.3, -0.25) is 4.99 Å². The number of halogens is 1. The first-order valence-electron chi connectivity index (χ1n) is 5.40. The van der Waals surface area contributed by atoms with Crippen molar-refractivity contribution in [3.05, 3.63) is 35.9 Å². The highest BCUT2D eigenvalue weighted by molar-refractivity contribution is 14.0. The van der Waals surface area contributed by atoms with Gasteiger partial charge in [0.25, 0.3) is 0 Å². The summed E-state index contributed by atoms with van der Waals surface area (Å²) in [6.45, 7) is 3.72. The van der Waals surface area contributed by atoms with Gasteiger partial charge in [0.15, 0.2) is 5.96 Å². The minimum Gasteiger partial charge on any atom is -0.370 e. The maximum Gasteiger partial charge on any atom is 0.188 e. The summed E-state index contributed by atoms with van der Waals surface area (Å²) in [6.07, 6.45) is 2.00. The standard InChI is InChI=1S/C12H19N3.HI/c1-2-9-14-12(13)15-10-8-11-6-4-3-5-7-11;/h3-7H,2,8-10H2,1H3,(H3,13,14,15);1H. The van der Waals surface area contributed by atoms with Gasteiger partial charge in [-0.15, -0.1) is 24.0 Å². The Morgan fingerprint density at radius 1 is 1.31 bits per heavy atom. The minimum atomic E-state index is 0. The molecule has 3 nitrogen and oxygen atoms in total. The zero-order chi connectivity index (χ0) is 10.9. The number of guanidine groups is 1. The van der Waals surface area contributed by atoms with Crippen LogP contribution in [-0.2, 0) is 6.42 Å². The Kier molecular flexibility index (Phi) is 8.99. The van der Waals surface area contributed by atoms with Gasteiger partial charge in [-0.25, -0.2) is 0 Å². The summed E-state index contributed by atoms with van der Waals surface area (Å²) in [7, 11) is 0. The summed E-state index contributed by atoms with van der Waals surface area (Å²) in [5.74, 6) is 0.549. The molecule has 1 rings (SSSR count). The van der Waals surface area contributed by atoms with Crippen molar-refractivity contribution in [3.63, 3.8) is 0 Å². The summed E-state index contributed by atoms with van der Waals surface area (Å²) in [5.41, 5.74) is 6.98. The third kappa shape index (κ3) is 6.66. The van der Waals surface area contributed by atoms with Crippen LogP contribution in [0.4, 0.5) is 0 Å². The van der Waals surface area contributed by atoms with Crippen molar-refractivity contribution >= 4 is 29.9 Å². The van der Waals surface area contributed by atoms with Crippen LogP contribution in [0, 0.1) is 0 Å². The molecule has 0 fully saturated rings. The minimum absolute atomic E-state index is 0. The predicted molar refractivity (Wildman–Crippen MR) is 80.3 cm³/mol. The molecule has 0 aliphatic carbocycles. The smallest absolute Gasteiger partial charge is 0.188 e. The molecule has 0 spiro atoms. The monoisotopic (exact) mass is 333 g/mol. The molecule has 4 heteroatoms. The van der Waals surface area contributed by atoms with Gasteiger partial charge in [-0.05, 0) is 18.4 Å². The van der Waals surface area contributed by atoms with Crippen LogP contribution in [-0.4, -0.2) is 19.0 Å². The third-order valence-corrected chi connectivity index (χ3v) is 2.07. The molecule has 0 saturated carbocycles. The van der Waals surface area contributed by atoms with Gasteiger partial charge in [0.1, 0.15) is 0 Å². The summed E-state index contributed by atoms with van der Waals surface area (Å²) in [6, 6.07) is 10.3. The van der Waals surface area contributed by atoms with Gasteiger partial charge in [-0.2, -0.15) is 0 Å². The molecule has 0 amide bonds. The summed E-state index contributed by atoms with van der Waals surface area (Å²) in [4.78, 5) is 4.16. The molecule has 0 unspecified atom stereocenters. The Morgan fingerprint density at radius 2 is 2.00 bits per heavy atom. The average molecular weight is 333 g/mol. The van der Waals surface area contributed by atoms with Crippen LogP contribution < -0.4 is 11.1 Å². The van der Waals surface area contributed by atoms with Gasteiger partial charge in [0.05, 0.1) is 0 Å². The Balaban J connectivity index is 0.00000225. The molecule has 0 atom stereocenters. The average Bonchev–Trinajstić information content (AvgIpc) is 2.28. The number of nitrogens with two attached hydrogens (primary N) is 1. The molecule has 3 N–H and O–H groups in total. The number of rotatable bonds is 5. The highest BCUT2D eigenvalue weighted by atomic mass is 127. The van der Waals surface area contributed by atoms with E-state index in [0.717, 1.165) is 25.9 Å².